The molecule has 0 bridgehead atoms. The first-order chi connectivity index (χ1) is 9.97. The normalized spacial score (nSPS) is 12.5. The van der Waals surface area contributed by atoms with Gasteiger partial charge in [-0.15, -0.1) is 0 Å². The van der Waals surface area contributed by atoms with Crippen molar-refractivity contribution >= 4 is 21.6 Å². The van der Waals surface area contributed by atoms with Gasteiger partial charge < -0.3 is 5.32 Å². The molecule has 2 aromatic rings. The van der Waals surface area contributed by atoms with E-state index in [1.807, 2.05) is 0 Å². The Bertz CT molecular complexity index is 567. The molecular formula is C19H24BrN. The third-order valence-electron chi connectivity index (χ3n) is 3.73. The molecule has 1 N–H and O–H groups in total. The predicted octanol–water partition coefficient (Wildman–Crippen LogP) is 6.27. The lowest BCUT2D eigenvalue weighted by Crippen LogP contribution is -2.14. The maximum absolute atomic E-state index is 3.77. The largest absolute Gasteiger partial charge is 0.378 e. The number of rotatable bonds is 5. The Kier molecular flexibility index (Phi) is 5.46. The number of halogens is 1. The molecule has 0 amide bonds. The number of benzene rings is 2. The number of hydrogen-bond acceptors (Lipinski definition) is 1. The zero-order valence-corrected chi connectivity index (χ0v) is 14.9. The van der Waals surface area contributed by atoms with E-state index < -0.39 is 0 Å². The summed E-state index contributed by atoms with van der Waals surface area (Å²) in [5.74, 6) is 0.652. The van der Waals surface area contributed by atoms with E-state index in [1.165, 1.54) is 22.4 Å². The molecule has 2 heteroatoms. The van der Waals surface area contributed by atoms with E-state index in [0.717, 1.165) is 10.9 Å². The summed E-state index contributed by atoms with van der Waals surface area (Å²) >= 11 is 3.57. The van der Waals surface area contributed by atoms with Gasteiger partial charge in [-0.2, -0.15) is 0 Å². The van der Waals surface area contributed by atoms with Crippen LogP contribution >= 0.6 is 15.9 Å². The first-order valence-corrected chi connectivity index (χ1v) is 8.35. The van der Waals surface area contributed by atoms with Crippen LogP contribution in [-0.4, -0.2) is 0 Å². The molecule has 2 aromatic carbocycles. The van der Waals surface area contributed by atoms with E-state index in [1.54, 1.807) is 0 Å². The maximum atomic E-state index is 3.77. The van der Waals surface area contributed by atoms with Crippen LogP contribution in [0.5, 0.6) is 0 Å². The molecule has 0 heterocycles. The molecule has 1 unspecified atom stereocenters. The van der Waals surface area contributed by atoms with Gasteiger partial charge in [-0.3, -0.25) is 0 Å². The van der Waals surface area contributed by atoms with Crippen molar-refractivity contribution < 1.29 is 0 Å². The minimum absolute atomic E-state index is 0.352. The lowest BCUT2D eigenvalue weighted by molar-refractivity contribution is 0.530. The van der Waals surface area contributed by atoms with Gasteiger partial charge in [0.25, 0.3) is 0 Å². The molecule has 0 spiro atoms. The summed E-state index contributed by atoms with van der Waals surface area (Å²) < 4.78 is 1.14. The molecule has 0 aliphatic heterocycles. The van der Waals surface area contributed by atoms with E-state index in [0.29, 0.717) is 12.0 Å². The summed E-state index contributed by atoms with van der Waals surface area (Å²) in [6, 6.07) is 15.4. The number of nitrogens with one attached hydrogen (secondary N) is 1. The number of hydrogen-bond donors (Lipinski definition) is 1. The molecule has 0 aliphatic rings. The summed E-state index contributed by atoms with van der Waals surface area (Å²) in [7, 11) is 0. The smallest absolute Gasteiger partial charge is 0.0516 e. The fraction of sp³-hybridized carbons (Fsp3) is 0.368. The molecule has 21 heavy (non-hydrogen) atoms. The zero-order chi connectivity index (χ0) is 15.4. The minimum atomic E-state index is 0.352. The van der Waals surface area contributed by atoms with Crippen LogP contribution < -0.4 is 5.32 Å². The molecule has 1 nitrogen and oxygen atoms in total. The van der Waals surface area contributed by atoms with E-state index in [-0.39, 0.29) is 0 Å². The fourth-order valence-corrected chi connectivity index (χ4v) is 3.43. The van der Waals surface area contributed by atoms with E-state index in [2.05, 4.69) is 91.4 Å². The lowest BCUT2D eigenvalue weighted by atomic mass is 9.96. The van der Waals surface area contributed by atoms with Gasteiger partial charge in [0.15, 0.2) is 0 Å². The van der Waals surface area contributed by atoms with Crippen molar-refractivity contribution in [3.8, 4) is 0 Å². The van der Waals surface area contributed by atoms with E-state index >= 15 is 0 Å². The van der Waals surface area contributed by atoms with Crippen molar-refractivity contribution in [2.75, 3.05) is 5.32 Å². The predicted molar refractivity (Wildman–Crippen MR) is 95.9 cm³/mol. The lowest BCUT2D eigenvalue weighted by Gasteiger charge is -2.25. The molecule has 0 fully saturated rings. The van der Waals surface area contributed by atoms with Crippen LogP contribution in [0.1, 0.15) is 43.0 Å². The molecule has 1 atom stereocenters. The molecule has 0 radical (unpaired) electrons. The highest BCUT2D eigenvalue weighted by atomic mass is 79.9. The van der Waals surface area contributed by atoms with Gasteiger partial charge in [0.2, 0.25) is 0 Å². The van der Waals surface area contributed by atoms with Crippen molar-refractivity contribution in [2.24, 2.45) is 5.92 Å². The van der Waals surface area contributed by atoms with Gasteiger partial charge >= 0.3 is 0 Å². The highest BCUT2D eigenvalue weighted by Gasteiger charge is 2.15. The summed E-state index contributed by atoms with van der Waals surface area (Å²) in [5, 5.41) is 3.77. The molecule has 0 aliphatic carbocycles. The van der Waals surface area contributed by atoms with Crippen molar-refractivity contribution in [3.63, 3.8) is 0 Å². The summed E-state index contributed by atoms with van der Waals surface area (Å²) in [5.41, 5.74) is 5.18. The van der Waals surface area contributed by atoms with Crippen molar-refractivity contribution in [3.05, 3.63) is 63.6 Å². The second kappa shape index (κ2) is 7.13. The molecule has 0 saturated carbocycles. The van der Waals surface area contributed by atoms with Gasteiger partial charge in [-0.1, -0.05) is 60.1 Å². The van der Waals surface area contributed by atoms with Gasteiger partial charge in [0.05, 0.1) is 6.04 Å². The molecule has 0 aromatic heterocycles. The van der Waals surface area contributed by atoms with E-state index in [9.17, 15) is 0 Å². The average molecular weight is 346 g/mol. The Morgan fingerprint density at radius 2 is 1.57 bits per heavy atom. The Morgan fingerprint density at radius 1 is 1.00 bits per heavy atom. The molecular weight excluding hydrogens is 322 g/mol. The Morgan fingerprint density at radius 3 is 2.10 bits per heavy atom. The van der Waals surface area contributed by atoms with Crippen LogP contribution in [0, 0.1) is 19.8 Å². The van der Waals surface area contributed by atoms with Gasteiger partial charge in [-0.05, 0) is 55.0 Å². The van der Waals surface area contributed by atoms with Crippen LogP contribution in [0.15, 0.2) is 46.9 Å². The Balaban J connectivity index is 2.32. The second-order valence-electron chi connectivity index (χ2n) is 6.15. The highest BCUT2D eigenvalue weighted by Crippen LogP contribution is 2.31. The Hall–Kier alpha value is -1.28. The third kappa shape index (κ3) is 4.34. The Labute approximate surface area is 136 Å². The fourth-order valence-electron chi connectivity index (χ4n) is 2.75. The second-order valence-corrected chi connectivity index (χ2v) is 7.07. The number of anilines is 1. The van der Waals surface area contributed by atoms with Gasteiger partial charge in [0.1, 0.15) is 0 Å². The third-order valence-corrected chi connectivity index (χ3v) is 4.18. The quantitative estimate of drug-likeness (QED) is 0.673. The maximum Gasteiger partial charge on any atom is 0.0516 e. The van der Waals surface area contributed by atoms with Crippen LogP contribution in [0.3, 0.4) is 0 Å². The first kappa shape index (κ1) is 16.1. The van der Waals surface area contributed by atoms with Crippen molar-refractivity contribution in [1.82, 2.24) is 0 Å². The zero-order valence-electron chi connectivity index (χ0n) is 13.3. The SMILES string of the molecule is Cc1cc(Br)cc(C)c1NC(CC(C)C)c1ccccc1. The summed E-state index contributed by atoms with van der Waals surface area (Å²) in [4.78, 5) is 0. The summed E-state index contributed by atoms with van der Waals surface area (Å²) in [6.07, 6.45) is 1.12. The minimum Gasteiger partial charge on any atom is -0.378 e. The van der Waals surface area contributed by atoms with Crippen LogP contribution in [-0.2, 0) is 0 Å². The monoisotopic (exact) mass is 345 g/mol. The van der Waals surface area contributed by atoms with Crippen LogP contribution in [0.2, 0.25) is 0 Å². The summed E-state index contributed by atoms with van der Waals surface area (Å²) in [6.45, 7) is 8.88. The molecule has 112 valence electrons. The van der Waals surface area contributed by atoms with E-state index in [4.69, 9.17) is 0 Å². The molecule has 0 saturated heterocycles. The van der Waals surface area contributed by atoms with Crippen molar-refractivity contribution in [1.29, 1.82) is 0 Å². The van der Waals surface area contributed by atoms with Gasteiger partial charge in [0, 0.05) is 10.2 Å². The first-order valence-electron chi connectivity index (χ1n) is 7.55. The standard InChI is InChI=1S/C19H24BrN/c1-13(2)10-18(16-8-6-5-7-9-16)21-19-14(3)11-17(20)12-15(19)4/h5-9,11-13,18,21H,10H2,1-4H3. The average Bonchev–Trinajstić information content (AvgIpc) is 2.42. The van der Waals surface area contributed by atoms with Crippen molar-refractivity contribution in [2.45, 2.75) is 40.2 Å². The van der Waals surface area contributed by atoms with Gasteiger partial charge in [-0.25, -0.2) is 0 Å². The number of aryl methyl sites for hydroxylation is 2. The van der Waals surface area contributed by atoms with Crippen LogP contribution in [0.25, 0.3) is 0 Å². The highest BCUT2D eigenvalue weighted by molar-refractivity contribution is 9.10. The molecule has 2 rings (SSSR count). The van der Waals surface area contributed by atoms with Crippen LogP contribution in [0.4, 0.5) is 5.69 Å². The topological polar surface area (TPSA) is 12.0 Å².